The van der Waals surface area contributed by atoms with E-state index in [-0.39, 0.29) is 5.41 Å². The molecule has 0 aliphatic heterocycles. The molecule has 1 rings (SSSR count). The number of hydrogen-bond acceptors (Lipinski definition) is 3. The summed E-state index contributed by atoms with van der Waals surface area (Å²) in [7, 11) is 0. The van der Waals surface area contributed by atoms with Crippen molar-refractivity contribution >= 4 is 11.3 Å². The molecular weight excluding hydrogens is 168 g/mol. The summed E-state index contributed by atoms with van der Waals surface area (Å²) in [5.74, 6) is 0. The average molecular weight is 184 g/mol. The average Bonchev–Trinajstić information content (AvgIpc) is 2.31. The van der Waals surface area contributed by atoms with Crippen molar-refractivity contribution in [2.24, 2.45) is 5.73 Å². The molecular formula is C9H16N2S. The van der Waals surface area contributed by atoms with E-state index in [1.807, 2.05) is 6.92 Å². The van der Waals surface area contributed by atoms with Gasteiger partial charge in [-0.25, -0.2) is 4.98 Å². The highest BCUT2D eigenvalue weighted by molar-refractivity contribution is 7.11. The Morgan fingerprint density at radius 1 is 1.42 bits per heavy atom. The van der Waals surface area contributed by atoms with E-state index in [2.05, 4.69) is 25.8 Å². The number of aryl methyl sites for hydroxylation is 2. The topological polar surface area (TPSA) is 38.9 Å². The molecule has 0 fully saturated rings. The molecule has 68 valence electrons. The van der Waals surface area contributed by atoms with Crippen LogP contribution >= 0.6 is 11.3 Å². The molecule has 0 amide bonds. The predicted molar refractivity (Wildman–Crippen MR) is 53.7 cm³/mol. The summed E-state index contributed by atoms with van der Waals surface area (Å²) < 4.78 is 0. The Bertz CT molecular complexity index is 276. The van der Waals surface area contributed by atoms with Crippen molar-refractivity contribution in [3.8, 4) is 0 Å². The normalized spacial score (nSPS) is 12.1. The van der Waals surface area contributed by atoms with Crippen LogP contribution in [-0.4, -0.2) is 11.5 Å². The van der Waals surface area contributed by atoms with Crippen molar-refractivity contribution in [2.75, 3.05) is 6.54 Å². The van der Waals surface area contributed by atoms with Gasteiger partial charge < -0.3 is 5.73 Å². The highest BCUT2D eigenvalue weighted by Crippen LogP contribution is 2.27. The molecule has 0 saturated heterocycles. The highest BCUT2D eigenvalue weighted by atomic mass is 32.1. The van der Waals surface area contributed by atoms with E-state index in [1.165, 1.54) is 4.88 Å². The minimum absolute atomic E-state index is 0.0227. The van der Waals surface area contributed by atoms with Crippen molar-refractivity contribution in [3.63, 3.8) is 0 Å². The summed E-state index contributed by atoms with van der Waals surface area (Å²) in [4.78, 5) is 5.79. The SMILES string of the molecule is Cc1nc(C(C)(C)CN)c(C)s1. The molecule has 0 aliphatic rings. The Balaban J connectivity index is 3.09. The molecule has 3 heteroatoms. The van der Waals surface area contributed by atoms with Gasteiger partial charge in [0.2, 0.25) is 0 Å². The maximum absolute atomic E-state index is 5.68. The summed E-state index contributed by atoms with van der Waals surface area (Å²) in [6.07, 6.45) is 0. The number of rotatable bonds is 2. The van der Waals surface area contributed by atoms with Gasteiger partial charge in [-0.3, -0.25) is 0 Å². The number of aromatic nitrogens is 1. The third-order valence-corrected chi connectivity index (χ3v) is 2.94. The first-order chi connectivity index (χ1) is 5.47. The molecule has 0 spiro atoms. The lowest BCUT2D eigenvalue weighted by molar-refractivity contribution is 0.521. The summed E-state index contributed by atoms with van der Waals surface area (Å²) >= 11 is 1.74. The molecule has 2 nitrogen and oxygen atoms in total. The zero-order valence-corrected chi connectivity index (χ0v) is 8.96. The Kier molecular flexibility index (Phi) is 2.54. The lowest BCUT2D eigenvalue weighted by Crippen LogP contribution is -2.29. The molecule has 2 N–H and O–H groups in total. The fourth-order valence-electron chi connectivity index (χ4n) is 1.25. The van der Waals surface area contributed by atoms with Gasteiger partial charge in [0.1, 0.15) is 0 Å². The molecule has 0 atom stereocenters. The maximum Gasteiger partial charge on any atom is 0.0900 e. The largest absolute Gasteiger partial charge is 0.330 e. The van der Waals surface area contributed by atoms with E-state index in [1.54, 1.807) is 11.3 Å². The smallest absolute Gasteiger partial charge is 0.0900 e. The van der Waals surface area contributed by atoms with Crippen molar-refractivity contribution in [1.82, 2.24) is 4.98 Å². The number of nitrogens with zero attached hydrogens (tertiary/aromatic N) is 1. The van der Waals surface area contributed by atoms with Gasteiger partial charge in [-0.15, -0.1) is 11.3 Å². The molecule has 0 radical (unpaired) electrons. The zero-order valence-electron chi connectivity index (χ0n) is 8.14. The van der Waals surface area contributed by atoms with Crippen molar-refractivity contribution in [2.45, 2.75) is 33.1 Å². The van der Waals surface area contributed by atoms with Crippen LogP contribution in [0.1, 0.15) is 29.4 Å². The predicted octanol–water partition coefficient (Wildman–Crippen LogP) is 2.00. The molecule has 1 aromatic heterocycles. The van der Waals surface area contributed by atoms with Gasteiger partial charge in [0.05, 0.1) is 10.7 Å². The van der Waals surface area contributed by atoms with Crippen molar-refractivity contribution < 1.29 is 0 Å². The second-order valence-electron chi connectivity index (χ2n) is 3.73. The Morgan fingerprint density at radius 2 is 2.00 bits per heavy atom. The molecule has 1 heterocycles. The van der Waals surface area contributed by atoms with Crippen LogP contribution in [0.3, 0.4) is 0 Å². The standard InChI is InChI=1S/C9H16N2S/c1-6-8(9(3,4)5-10)11-7(2)12-6/h5,10H2,1-4H3. The minimum Gasteiger partial charge on any atom is -0.330 e. The number of thiazole rings is 1. The Morgan fingerprint density at radius 3 is 2.33 bits per heavy atom. The third kappa shape index (κ3) is 1.67. The van der Waals surface area contributed by atoms with E-state index < -0.39 is 0 Å². The Labute approximate surface area is 77.8 Å². The molecule has 0 aliphatic carbocycles. The van der Waals surface area contributed by atoms with Crippen LogP contribution < -0.4 is 5.73 Å². The summed E-state index contributed by atoms with van der Waals surface area (Å²) in [5.41, 5.74) is 6.86. The van der Waals surface area contributed by atoms with Crippen LogP contribution in [0.2, 0.25) is 0 Å². The van der Waals surface area contributed by atoms with E-state index >= 15 is 0 Å². The zero-order chi connectivity index (χ0) is 9.35. The van der Waals surface area contributed by atoms with E-state index in [0.29, 0.717) is 6.54 Å². The number of nitrogens with two attached hydrogens (primary N) is 1. The third-order valence-electron chi connectivity index (χ3n) is 2.05. The fourth-order valence-corrected chi connectivity index (χ4v) is 2.25. The van der Waals surface area contributed by atoms with Gasteiger partial charge in [-0.2, -0.15) is 0 Å². The van der Waals surface area contributed by atoms with Crippen LogP contribution in [0.4, 0.5) is 0 Å². The van der Waals surface area contributed by atoms with Gasteiger partial charge >= 0.3 is 0 Å². The lowest BCUT2D eigenvalue weighted by atomic mass is 9.89. The van der Waals surface area contributed by atoms with Crippen LogP contribution in [0.25, 0.3) is 0 Å². The summed E-state index contributed by atoms with van der Waals surface area (Å²) in [6.45, 7) is 9.06. The number of hydrogen-bond donors (Lipinski definition) is 1. The van der Waals surface area contributed by atoms with E-state index in [4.69, 9.17) is 5.73 Å². The van der Waals surface area contributed by atoms with Crippen molar-refractivity contribution in [1.29, 1.82) is 0 Å². The minimum atomic E-state index is 0.0227. The van der Waals surface area contributed by atoms with Gasteiger partial charge in [0, 0.05) is 16.8 Å². The van der Waals surface area contributed by atoms with Gasteiger partial charge in [0.25, 0.3) is 0 Å². The van der Waals surface area contributed by atoms with Crippen LogP contribution in [-0.2, 0) is 5.41 Å². The van der Waals surface area contributed by atoms with Gasteiger partial charge in [-0.1, -0.05) is 13.8 Å². The molecule has 1 aromatic rings. The summed E-state index contributed by atoms with van der Waals surface area (Å²) in [6, 6.07) is 0. The quantitative estimate of drug-likeness (QED) is 0.763. The monoisotopic (exact) mass is 184 g/mol. The van der Waals surface area contributed by atoms with Crippen LogP contribution in [0.5, 0.6) is 0 Å². The van der Waals surface area contributed by atoms with E-state index in [9.17, 15) is 0 Å². The lowest BCUT2D eigenvalue weighted by Gasteiger charge is -2.20. The molecule has 0 bridgehead atoms. The Hall–Kier alpha value is -0.410. The second-order valence-corrected chi connectivity index (χ2v) is 5.13. The van der Waals surface area contributed by atoms with Gasteiger partial charge in [0.15, 0.2) is 0 Å². The van der Waals surface area contributed by atoms with E-state index in [0.717, 1.165) is 10.7 Å². The van der Waals surface area contributed by atoms with Gasteiger partial charge in [-0.05, 0) is 13.8 Å². The van der Waals surface area contributed by atoms with Crippen LogP contribution in [0.15, 0.2) is 0 Å². The molecule has 12 heavy (non-hydrogen) atoms. The van der Waals surface area contributed by atoms with Crippen molar-refractivity contribution in [3.05, 3.63) is 15.6 Å². The first-order valence-corrected chi connectivity index (χ1v) is 4.93. The maximum atomic E-state index is 5.68. The molecule has 0 unspecified atom stereocenters. The van der Waals surface area contributed by atoms with Crippen LogP contribution in [0, 0.1) is 13.8 Å². The first-order valence-electron chi connectivity index (χ1n) is 4.12. The molecule has 0 saturated carbocycles. The second kappa shape index (κ2) is 3.15. The highest BCUT2D eigenvalue weighted by Gasteiger charge is 2.23. The summed E-state index contributed by atoms with van der Waals surface area (Å²) in [5, 5.41) is 1.13. The molecule has 0 aromatic carbocycles. The first kappa shape index (κ1) is 9.68. The fraction of sp³-hybridized carbons (Fsp3) is 0.667.